The lowest BCUT2D eigenvalue weighted by molar-refractivity contribution is 0.154. The topological polar surface area (TPSA) is 9.23 Å². The zero-order valence-electron chi connectivity index (χ0n) is 17.0. The van der Waals surface area contributed by atoms with Crippen molar-refractivity contribution in [2.45, 2.75) is 123 Å². The van der Waals surface area contributed by atoms with Gasteiger partial charge < -0.3 is 4.43 Å². The molecule has 0 aromatic carbocycles. The van der Waals surface area contributed by atoms with Crippen LogP contribution in [0.5, 0.6) is 0 Å². The van der Waals surface area contributed by atoms with Gasteiger partial charge in [0.1, 0.15) is 0 Å². The number of allylic oxidation sites excluding steroid dienone is 1. The van der Waals surface area contributed by atoms with Crippen LogP contribution < -0.4 is 0 Å². The first-order valence-corrected chi connectivity index (χ1v) is 12.9. The van der Waals surface area contributed by atoms with Crippen LogP contribution in [0.25, 0.3) is 0 Å². The van der Waals surface area contributed by atoms with Gasteiger partial charge in [-0.25, -0.2) is 0 Å². The zero-order chi connectivity index (χ0) is 17.8. The Morgan fingerprint density at radius 2 is 1.43 bits per heavy atom. The summed E-state index contributed by atoms with van der Waals surface area (Å²) in [6, 6.07) is 0. The number of hydrogen-bond acceptors (Lipinski definition) is 1. The number of rotatable bonds is 14. The molecule has 2 heteroatoms. The van der Waals surface area contributed by atoms with Crippen LogP contribution >= 0.6 is 0 Å². The summed E-state index contributed by atoms with van der Waals surface area (Å²) in [6.45, 7) is 17.9. The molecule has 0 saturated carbocycles. The van der Waals surface area contributed by atoms with Crippen molar-refractivity contribution in [2.75, 3.05) is 0 Å². The van der Waals surface area contributed by atoms with Gasteiger partial charge in [0, 0.05) is 6.10 Å². The van der Waals surface area contributed by atoms with Crippen LogP contribution in [0.1, 0.15) is 98.3 Å². The molecule has 0 bridgehead atoms. The molecule has 1 nitrogen and oxygen atoms in total. The second-order valence-electron chi connectivity index (χ2n) is 8.63. The predicted molar refractivity (Wildman–Crippen MR) is 109 cm³/mol. The van der Waals surface area contributed by atoms with Crippen molar-refractivity contribution in [1.29, 1.82) is 0 Å². The Morgan fingerprint density at radius 3 is 1.91 bits per heavy atom. The smallest absolute Gasteiger partial charge is 0.192 e. The minimum atomic E-state index is -1.63. The van der Waals surface area contributed by atoms with Crippen LogP contribution in [0, 0.1) is 0 Å². The summed E-state index contributed by atoms with van der Waals surface area (Å²) < 4.78 is 6.73. The van der Waals surface area contributed by atoms with E-state index < -0.39 is 8.32 Å². The predicted octanol–water partition coefficient (Wildman–Crippen LogP) is 7.87. The molecular weight excluding hydrogens is 296 g/mol. The molecule has 0 saturated heterocycles. The van der Waals surface area contributed by atoms with Crippen molar-refractivity contribution in [3.05, 3.63) is 12.7 Å². The third kappa shape index (κ3) is 11.2. The minimum Gasteiger partial charge on any atom is -0.414 e. The molecule has 0 fully saturated rings. The Kier molecular flexibility index (Phi) is 12.3. The highest BCUT2D eigenvalue weighted by Gasteiger charge is 2.38. The zero-order valence-corrected chi connectivity index (χ0v) is 18.0. The highest BCUT2D eigenvalue weighted by atomic mass is 28.4. The van der Waals surface area contributed by atoms with Gasteiger partial charge in [-0.3, -0.25) is 0 Å². The lowest BCUT2D eigenvalue weighted by Crippen LogP contribution is -2.44. The molecule has 0 aliphatic heterocycles. The molecule has 0 radical (unpaired) electrons. The summed E-state index contributed by atoms with van der Waals surface area (Å²) in [7, 11) is -1.63. The van der Waals surface area contributed by atoms with Gasteiger partial charge in [0.2, 0.25) is 0 Å². The van der Waals surface area contributed by atoms with E-state index in [4.69, 9.17) is 4.43 Å². The molecule has 138 valence electrons. The Morgan fingerprint density at radius 1 is 0.913 bits per heavy atom. The molecule has 0 aliphatic rings. The van der Waals surface area contributed by atoms with Gasteiger partial charge in [0.15, 0.2) is 8.32 Å². The van der Waals surface area contributed by atoms with Crippen molar-refractivity contribution in [3.63, 3.8) is 0 Å². The van der Waals surface area contributed by atoms with E-state index in [0.29, 0.717) is 11.1 Å². The van der Waals surface area contributed by atoms with E-state index in [-0.39, 0.29) is 0 Å². The van der Waals surface area contributed by atoms with Gasteiger partial charge in [0.25, 0.3) is 0 Å². The highest BCUT2D eigenvalue weighted by molar-refractivity contribution is 6.74. The summed E-state index contributed by atoms with van der Waals surface area (Å²) in [6.07, 6.45) is 16.9. The lowest BCUT2D eigenvalue weighted by atomic mass is 10.0. The van der Waals surface area contributed by atoms with Crippen molar-refractivity contribution >= 4 is 8.32 Å². The van der Waals surface area contributed by atoms with Gasteiger partial charge in [-0.1, -0.05) is 78.7 Å². The summed E-state index contributed by atoms with van der Waals surface area (Å²) >= 11 is 0. The van der Waals surface area contributed by atoms with Gasteiger partial charge in [-0.05, 0) is 43.8 Å². The van der Waals surface area contributed by atoms with Crippen LogP contribution in [-0.4, -0.2) is 14.4 Å². The van der Waals surface area contributed by atoms with Gasteiger partial charge in [-0.2, -0.15) is 0 Å². The van der Waals surface area contributed by atoms with Gasteiger partial charge in [-0.15, -0.1) is 6.58 Å². The maximum atomic E-state index is 6.73. The minimum absolute atomic E-state index is 0.318. The molecule has 1 atom stereocenters. The summed E-state index contributed by atoms with van der Waals surface area (Å²) in [4.78, 5) is 0. The number of hydrogen-bond donors (Lipinski definition) is 0. The lowest BCUT2D eigenvalue weighted by Gasteiger charge is -2.39. The average Bonchev–Trinajstić information content (AvgIpc) is 2.45. The van der Waals surface area contributed by atoms with Crippen LogP contribution in [0.15, 0.2) is 12.7 Å². The quantitative estimate of drug-likeness (QED) is 0.177. The van der Waals surface area contributed by atoms with E-state index in [2.05, 4.69) is 47.4 Å². The van der Waals surface area contributed by atoms with Crippen molar-refractivity contribution < 1.29 is 4.43 Å². The fourth-order valence-electron chi connectivity index (χ4n) is 2.67. The first-order chi connectivity index (χ1) is 10.7. The standard InChI is InChI=1S/C21H44OSi/c1-8-10-12-14-15-17-19-20(18-16-13-11-9-2)22-23(6,7)21(3,4)5/h8,20H,1,9-19H2,2-7H3/t20-/m1/s1. The maximum Gasteiger partial charge on any atom is 0.192 e. The van der Waals surface area contributed by atoms with Crippen molar-refractivity contribution in [1.82, 2.24) is 0 Å². The third-order valence-corrected chi connectivity index (χ3v) is 9.87. The van der Waals surface area contributed by atoms with Crippen LogP contribution in [0.2, 0.25) is 18.1 Å². The molecule has 0 aliphatic carbocycles. The summed E-state index contributed by atoms with van der Waals surface area (Å²) in [5.41, 5.74) is 0. The molecule has 0 aromatic rings. The van der Waals surface area contributed by atoms with Crippen LogP contribution in [0.4, 0.5) is 0 Å². The Hall–Kier alpha value is -0.0831. The summed E-state index contributed by atoms with van der Waals surface area (Å²) in [5, 5.41) is 0.318. The summed E-state index contributed by atoms with van der Waals surface area (Å²) in [5.74, 6) is 0. The highest BCUT2D eigenvalue weighted by Crippen LogP contribution is 2.38. The van der Waals surface area contributed by atoms with Crippen molar-refractivity contribution in [2.24, 2.45) is 0 Å². The third-order valence-electron chi connectivity index (χ3n) is 5.33. The van der Waals surface area contributed by atoms with Crippen LogP contribution in [0.3, 0.4) is 0 Å². The average molecular weight is 341 g/mol. The molecule has 0 amide bonds. The molecule has 0 spiro atoms. The fourth-order valence-corrected chi connectivity index (χ4v) is 4.09. The second-order valence-corrected chi connectivity index (χ2v) is 13.4. The van der Waals surface area contributed by atoms with Gasteiger partial charge in [0.05, 0.1) is 0 Å². The Bertz CT molecular complexity index is 291. The first kappa shape index (κ1) is 22.9. The van der Waals surface area contributed by atoms with Crippen molar-refractivity contribution in [3.8, 4) is 0 Å². The van der Waals surface area contributed by atoms with E-state index in [1.54, 1.807) is 0 Å². The molecule has 0 aromatic heterocycles. The molecule has 0 unspecified atom stereocenters. The van der Waals surface area contributed by atoms with E-state index in [1.165, 1.54) is 70.6 Å². The van der Waals surface area contributed by atoms with Crippen LogP contribution in [-0.2, 0) is 4.43 Å². The molecule has 0 N–H and O–H groups in total. The largest absolute Gasteiger partial charge is 0.414 e. The van der Waals surface area contributed by atoms with E-state index in [9.17, 15) is 0 Å². The molecule has 0 rings (SSSR count). The van der Waals surface area contributed by atoms with Gasteiger partial charge >= 0.3 is 0 Å². The Balaban J connectivity index is 4.30. The fraction of sp³-hybridized carbons (Fsp3) is 0.905. The monoisotopic (exact) mass is 340 g/mol. The first-order valence-electron chi connectivity index (χ1n) is 10.0. The Labute approximate surface area is 148 Å². The van der Waals surface area contributed by atoms with E-state index in [0.717, 1.165) is 0 Å². The molecular formula is C21H44OSi. The molecule has 23 heavy (non-hydrogen) atoms. The SMILES string of the molecule is C=CCCCCCC[C@@H](CCCCCC)O[Si](C)(C)C(C)(C)C. The van der Waals surface area contributed by atoms with E-state index >= 15 is 0 Å². The normalized spacial score (nSPS) is 14.0. The second kappa shape index (κ2) is 12.3. The maximum absolute atomic E-state index is 6.73. The molecule has 0 heterocycles. The number of unbranched alkanes of at least 4 members (excludes halogenated alkanes) is 7. The van der Waals surface area contributed by atoms with E-state index in [1.807, 2.05) is 6.08 Å².